The highest BCUT2D eigenvalue weighted by Gasteiger charge is 1.96. The van der Waals surface area contributed by atoms with Gasteiger partial charge in [-0.25, -0.2) is 0 Å². The molecule has 0 bridgehead atoms. The number of pyridine rings is 1. The predicted molar refractivity (Wildman–Crippen MR) is 56.2 cm³/mol. The summed E-state index contributed by atoms with van der Waals surface area (Å²) in [7, 11) is 0. The SMILES string of the molecule is Cc1cc(NCc2cnns2)ccn1. The van der Waals surface area contributed by atoms with E-state index >= 15 is 0 Å². The molecule has 2 aromatic rings. The summed E-state index contributed by atoms with van der Waals surface area (Å²) in [5.41, 5.74) is 2.09. The van der Waals surface area contributed by atoms with Gasteiger partial charge < -0.3 is 5.32 Å². The predicted octanol–water partition coefficient (Wildman–Crippen LogP) is 1.85. The van der Waals surface area contributed by atoms with E-state index in [9.17, 15) is 0 Å². The van der Waals surface area contributed by atoms with E-state index in [1.807, 2.05) is 19.1 Å². The molecular weight excluding hydrogens is 196 g/mol. The Morgan fingerprint density at radius 3 is 3.14 bits per heavy atom. The van der Waals surface area contributed by atoms with Crippen LogP contribution in [0, 0.1) is 6.92 Å². The molecule has 0 aliphatic carbocycles. The fraction of sp³-hybridized carbons (Fsp3) is 0.222. The van der Waals surface area contributed by atoms with Crippen LogP contribution < -0.4 is 5.32 Å². The molecule has 0 amide bonds. The molecule has 72 valence electrons. The molecule has 0 spiro atoms. The van der Waals surface area contributed by atoms with E-state index in [-0.39, 0.29) is 0 Å². The first-order valence-electron chi connectivity index (χ1n) is 4.27. The molecule has 2 aromatic heterocycles. The second kappa shape index (κ2) is 4.15. The third-order valence-corrected chi connectivity index (χ3v) is 2.43. The van der Waals surface area contributed by atoms with Gasteiger partial charge in [0.1, 0.15) is 0 Å². The molecular formula is C9H10N4S. The van der Waals surface area contributed by atoms with Crippen LogP contribution in [-0.2, 0) is 6.54 Å². The monoisotopic (exact) mass is 206 g/mol. The Balaban J connectivity index is 1.98. The van der Waals surface area contributed by atoms with Gasteiger partial charge in [0.2, 0.25) is 0 Å². The lowest BCUT2D eigenvalue weighted by molar-refractivity contribution is 1.12. The van der Waals surface area contributed by atoms with Crippen LogP contribution in [0.4, 0.5) is 5.69 Å². The Morgan fingerprint density at radius 1 is 1.50 bits per heavy atom. The van der Waals surface area contributed by atoms with Crippen molar-refractivity contribution in [3.63, 3.8) is 0 Å². The molecule has 2 heterocycles. The summed E-state index contributed by atoms with van der Waals surface area (Å²) in [6.45, 7) is 2.74. The quantitative estimate of drug-likeness (QED) is 0.832. The van der Waals surface area contributed by atoms with Gasteiger partial charge >= 0.3 is 0 Å². The van der Waals surface area contributed by atoms with Gasteiger partial charge in [-0.3, -0.25) is 4.98 Å². The van der Waals surface area contributed by atoms with Crippen molar-refractivity contribution >= 4 is 17.2 Å². The Bertz CT molecular complexity index is 399. The van der Waals surface area contributed by atoms with Gasteiger partial charge in [-0.1, -0.05) is 4.49 Å². The number of aromatic nitrogens is 3. The topological polar surface area (TPSA) is 50.7 Å². The highest BCUT2D eigenvalue weighted by Crippen LogP contribution is 2.10. The molecule has 0 unspecified atom stereocenters. The van der Waals surface area contributed by atoms with Crippen LogP contribution in [0.5, 0.6) is 0 Å². The van der Waals surface area contributed by atoms with Gasteiger partial charge in [-0.05, 0) is 30.6 Å². The zero-order valence-electron chi connectivity index (χ0n) is 7.77. The van der Waals surface area contributed by atoms with E-state index in [1.54, 1.807) is 12.4 Å². The van der Waals surface area contributed by atoms with Gasteiger partial charge in [0.05, 0.1) is 17.6 Å². The summed E-state index contributed by atoms with van der Waals surface area (Å²) in [5, 5.41) is 7.05. The number of hydrogen-bond donors (Lipinski definition) is 1. The van der Waals surface area contributed by atoms with Crippen LogP contribution in [0.3, 0.4) is 0 Å². The van der Waals surface area contributed by atoms with Crippen LogP contribution >= 0.6 is 11.5 Å². The van der Waals surface area contributed by atoms with Crippen LogP contribution in [0.15, 0.2) is 24.5 Å². The number of nitrogens with one attached hydrogen (secondary N) is 1. The Kier molecular flexibility index (Phi) is 2.69. The van der Waals surface area contributed by atoms with Gasteiger partial charge in [0, 0.05) is 17.6 Å². The number of aryl methyl sites for hydroxylation is 1. The smallest absolute Gasteiger partial charge is 0.0671 e. The van der Waals surface area contributed by atoms with Crippen LogP contribution in [0.1, 0.15) is 10.6 Å². The van der Waals surface area contributed by atoms with Crippen molar-refractivity contribution in [1.82, 2.24) is 14.6 Å². The Morgan fingerprint density at radius 2 is 2.43 bits per heavy atom. The highest BCUT2D eigenvalue weighted by molar-refractivity contribution is 7.05. The molecule has 0 aliphatic rings. The minimum absolute atomic E-state index is 0.765. The maximum atomic E-state index is 4.12. The fourth-order valence-corrected chi connectivity index (χ4v) is 1.54. The molecule has 0 aromatic carbocycles. The second-order valence-corrected chi connectivity index (χ2v) is 3.79. The maximum absolute atomic E-state index is 4.12. The van der Waals surface area contributed by atoms with E-state index in [0.29, 0.717) is 0 Å². The van der Waals surface area contributed by atoms with Crippen molar-refractivity contribution in [2.75, 3.05) is 5.32 Å². The normalized spacial score (nSPS) is 10.1. The Labute approximate surface area is 86.2 Å². The molecule has 0 radical (unpaired) electrons. The molecule has 14 heavy (non-hydrogen) atoms. The first kappa shape index (κ1) is 9.08. The molecule has 4 nitrogen and oxygen atoms in total. The third-order valence-electron chi connectivity index (χ3n) is 1.77. The van der Waals surface area contributed by atoms with Gasteiger partial charge in [0.15, 0.2) is 0 Å². The van der Waals surface area contributed by atoms with Crippen molar-refractivity contribution in [1.29, 1.82) is 0 Å². The van der Waals surface area contributed by atoms with Gasteiger partial charge in [-0.2, -0.15) is 0 Å². The summed E-state index contributed by atoms with van der Waals surface area (Å²) < 4.78 is 3.79. The summed E-state index contributed by atoms with van der Waals surface area (Å²) in [6.07, 6.45) is 3.56. The number of anilines is 1. The minimum atomic E-state index is 0.765. The largest absolute Gasteiger partial charge is 0.380 e. The molecule has 0 atom stereocenters. The van der Waals surface area contributed by atoms with Crippen molar-refractivity contribution in [3.8, 4) is 0 Å². The molecule has 2 rings (SSSR count). The zero-order valence-corrected chi connectivity index (χ0v) is 8.58. The first-order chi connectivity index (χ1) is 6.84. The van der Waals surface area contributed by atoms with Crippen molar-refractivity contribution < 1.29 is 0 Å². The van der Waals surface area contributed by atoms with Crippen LogP contribution in [-0.4, -0.2) is 14.6 Å². The Hall–Kier alpha value is -1.49. The summed E-state index contributed by atoms with van der Waals surface area (Å²) in [5.74, 6) is 0. The van der Waals surface area contributed by atoms with Gasteiger partial charge in [0.25, 0.3) is 0 Å². The van der Waals surface area contributed by atoms with E-state index in [0.717, 1.165) is 22.8 Å². The average molecular weight is 206 g/mol. The number of rotatable bonds is 3. The van der Waals surface area contributed by atoms with E-state index in [2.05, 4.69) is 19.9 Å². The highest BCUT2D eigenvalue weighted by atomic mass is 32.1. The summed E-state index contributed by atoms with van der Waals surface area (Å²) in [6, 6.07) is 3.95. The molecule has 0 aliphatic heterocycles. The van der Waals surface area contributed by atoms with E-state index in [1.165, 1.54) is 11.5 Å². The van der Waals surface area contributed by atoms with E-state index < -0.39 is 0 Å². The standard InChI is InChI=1S/C9H10N4S/c1-7-4-8(2-3-10-7)11-5-9-6-12-13-14-9/h2-4,6H,5H2,1H3,(H,10,11). The molecule has 1 N–H and O–H groups in total. The lowest BCUT2D eigenvalue weighted by Gasteiger charge is -2.03. The number of nitrogens with zero attached hydrogens (tertiary/aromatic N) is 3. The van der Waals surface area contributed by atoms with Crippen molar-refractivity contribution in [2.45, 2.75) is 13.5 Å². The third kappa shape index (κ3) is 2.26. The maximum Gasteiger partial charge on any atom is 0.0671 e. The number of hydrogen-bond acceptors (Lipinski definition) is 5. The van der Waals surface area contributed by atoms with Crippen molar-refractivity contribution in [3.05, 3.63) is 35.1 Å². The summed E-state index contributed by atoms with van der Waals surface area (Å²) >= 11 is 1.41. The zero-order chi connectivity index (χ0) is 9.80. The van der Waals surface area contributed by atoms with Crippen molar-refractivity contribution in [2.24, 2.45) is 0 Å². The first-order valence-corrected chi connectivity index (χ1v) is 5.05. The average Bonchev–Trinajstić information content (AvgIpc) is 2.67. The lowest BCUT2D eigenvalue weighted by Crippen LogP contribution is -1.97. The molecule has 0 saturated heterocycles. The molecule has 5 heteroatoms. The second-order valence-electron chi connectivity index (χ2n) is 2.92. The van der Waals surface area contributed by atoms with Crippen LogP contribution in [0.2, 0.25) is 0 Å². The van der Waals surface area contributed by atoms with E-state index in [4.69, 9.17) is 0 Å². The molecule has 0 fully saturated rings. The fourth-order valence-electron chi connectivity index (χ4n) is 1.11. The van der Waals surface area contributed by atoms with Crippen LogP contribution in [0.25, 0.3) is 0 Å². The lowest BCUT2D eigenvalue weighted by atomic mass is 10.3. The summed E-state index contributed by atoms with van der Waals surface area (Å²) in [4.78, 5) is 5.25. The van der Waals surface area contributed by atoms with Gasteiger partial charge in [-0.15, -0.1) is 5.10 Å². The molecule has 0 saturated carbocycles. The minimum Gasteiger partial charge on any atom is -0.380 e.